The van der Waals surface area contributed by atoms with Crippen LogP contribution in [0, 0.1) is 5.92 Å². The Kier molecular flexibility index (Phi) is 3.38. The van der Waals surface area contributed by atoms with E-state index in [4.69, 9.17) is 0 Å². The van der Waals surface area contributed by atoms with Crippen LogP contribution in [0.3, 0.4) is 0 Å². The van der Waals surface area contributed by atoms with Crippen molar-refractivity contribution in [3.63, 3.8) is 0 Å². The van der Waals surface area contributed by atoms with Crippen LogP contribution in [0.2, 0.25) is 0 Å². The molecule has 6 heteroatoms. The van der Waals surface area contributed by atoms with Crippen molar-refractivity contribution in [3.8, 4) is 0 Å². The molecule has 0 radical (unpaired) electrons. The monoisotopic (exact) mass is 246 g/mol. The van der Waals surface area contributed by atoms with E-state index in [9.17, 15) is 8.42 Å². The van der Waals surface area contributed by atoms with Gasteiger partial charge in [0.25, 0.3) is 0 Å². The Bertz CT molecular complexity index is 394. The number of aromatic nitrogens is 1. The topological polar surface area (TPSA) is 59.1 Å². The van der Waals surface area contributed by atoms with Gasteiger partial charge >= 0.3 is 0 Å². The second-order valence-electron chi connectivity index (χ2n) is 3.79. The first-order valence-electron chi connectivity index (χ1n) is 5.01. The van der Waals surface area contributed by atoms with Crippen LogP contribution in [0.5, 0.6) is 0 Å². The number of piperidine rings is 1. The average Bonchev–Trinajstić information content (AvgIpc) is 2.71. The lowest BCUT2D eigenvalue weighted by molar-refractivity contribution is 0.404. The molecule has 0 amide bonds. The van der Waals surface area contributed by atoms with Crippen LogP contribution in [0.1, 0.15) is 12.8 Å². The molecule has 1 fully saturated rings. The Hall–Kier alpha value is -0.460. The highest BCUT2D eigenvalue weighted by atomic mass is 32.2. The van der Waals surface area contributed by atoms with Crippen molar-refractivity contribution < 1.29 is 8.42 Å². The predicted molar refractivity (Wildman–Crippen MR) is 59.8 cm³/mol. The minimum Gasteiger partial charge on any atom is -0.316 e. The van der Waals surface area contributed by atoms with Crippen molar-refractivity contribution in [2.24, 2.45) is 5.92 Å². The van der Waals surface area contributed by atoms with Gasteiger partial charge in [0.2, 0.25) is 14.2 Å². The molecule has 0 bridgehead atoms. The maximum Gasteiger partial charge on any atom is 0.209 e. The summed E-state index contributed by atoms with van der Waals surface area (Å²) >= 11 is 1.20. The van der Waals surface area contributed by atoms with Crippen molar-refractivity contribution in [1.82, 2.24) is 10.3 Å². The first kappa shape index (κ1) is 11.0. The molecule has 0 saturated carbocycles. The summed E-state index contributed by atoms with van der Waals surface area (Å²) in [5.41, 5.74) is 0. The Balaban J connectivity index is 2.04. The second-order valence-corrected chi connectivity index (χ2v) is 6.89. The first-order valence-corrected chi connectivity index (χ1v) is 7.54. The average molecular weight is 246 g/mol. The Morgan fingerprint density at radius 3 is 3.07 bits per heavy atom. The van der Waals surface area contributed by atoms with Crippen molar-refractivity contribution in [3.05, 3.63) is 11.6 Å². The molecule has 1 aromatic heterocycles. The maximum atomic E-state index is 11.9. The fourth-order valence-corrected chi connectivity index (χ4v) is 4.40. The van der Waals surface area contributed by atoms with Gasteiger partial charge in [-0.1, -0.05) is 0 Å². The highest BCUT2D eigenvalue weighted by molar-refractivity contribution is 7.93. The van der Waals surface area contributed by atoms with Gasteiger partial charge in [0.15, 0.2) is 0 Å². The zero-order chi connectivity index (χ0) is 10.7. The third-order valence-corrected chi connectivity index (χ3v) is 5.69. The van der Waals surface area contributed by atoms with Crippen molar-refractivity contribution >= 4 is 21.2 Å². The number of sulfone groups is 1. The summed E-state index contributed by atoms with van der Waals surface area (Å²) in [6.45, 7) is 1.82. The van der Waals surface area contributed by atoms with Crippen LogP contribution in [0.25, 0.3) is 0 Å². The van der Waals surface area contributed by atoms with Crippen LogP contribution in [-0.4, -0.2) is 32.2 Å². The van der Waals surface area contributed by atoms with Gasteiger partial charge in [-0.2, -0.15) is 0 Å². The van der Waals surface area contributed by atoms with Gasteiger partial charge < -0.3 is 5.32 Å². The number of thiazole rings is 1. The molecule has 0 aromatic carbocycles. The molecule has 2 heterocycles. The molecule has 4 nitrogen and oxygen atoms in total. The number of hydrogen-bond acceptors (Lipinski definition) is 5. The van der Waals surface area contributed by atoms with Gasteiger partial charge in [-0.25, -0.2) is 13.4 Å². The molecular formula is C9H14N2O2S2. The Morgan fingerprint density at radius 2 is 2.47 bits per heavy atom. The van der Waals surface area contributed by atoms with E-state index in [0.717, 1.165) is 25.9 Å². The van der Waals surface area contributed by atoms with Crippen molar-refractivity contribution in [2.75, 3.05) is 18.8 Å². The molecule has 1 aliphatic rings. The summed E-state index contributed by atoms with van der Waals surface area (Å²) in [6.07, 6.45) is 3.60. The third kappa shape index (κ3) is 2.76. The number of hydrogen-bond donors (Lipinski definition) is 1. The van der Waals surface area contributed by atoms with Gasteiger partial charge in [0.05, 0.1) is 5.75 Å². The quantitative estimate of drug-likeness (QED) is 0.861. The van der Waals surface area contributed by atoms with Crippen LogP contribution in [0.15, 0.2) is 15.9 Å². The van der Waals surface area contributed by atoms with Gasteiger partial charge in [-0.3, -0.25) is 0 Å². The highest BCUT2D eigenvalue weighted by Crippen LogP contribution is 2.19. The lowest BCUT2D eigenvalue weighted by Gasteiger charge is -2.21. The molecule has 1 atom stereocenters. The largest absolute Gasteiger partial charge is 0.316 e. The lowest BCUT2D eigenvalue weighted by Crippen LogP contribution is -2.33. The molecule has 84 valence electrons. The molecule has 0 spiro atoms. The fraction of sp³-hybridized carbons (Fsp3) is 0.667. The van der Waals surface area contributed by atoms with E-state index in [1.54, 1.807) is 5.38 Å². The van der Waals surface area contributed by atoms with E-state index in [2.05, 4.69) is 10.3 Å². The highest BCUT2D eigenvalue weighted by Gasteiger charge is 2.24. The number of rotatable bonds is 3. The minimum atomic E-state index is -3.15. The summed E-state index contributed by atoms with van der Waals surface area (Å²) < 4.78 is 24.0. The van der Waals surface area contributed by atoms with Crippen molar-refractivity contribution in [2.45, 2.75) is 17.2 Å². The Labute approximate surface area is 93.7 Å². The van der Waals surface area contributed by atoms with E-state index < -0.39 is 9.84 Å². The second kappa shape index (κ2) is 4.59. The van der Waals surface area contributed by atoms with Crippen LogP contribution >= 0.6 is 11.3 Å². The van der Waals surface area contributed by atoms with Gasteiger partial charge in [-0.05, 0) is 31.8 Å². The lowest BCUT2D eigenvalue weighted by atomic mass is 10.0. The summed E-state index contributed by atoms with van der Waals surface area (Å²) in [5, 5.41) is 4.92. The van der Waals surface area contributed by atoms with Gasteiger partial charge in [0.1, 0.15) is 0 Å². The van der Waals surface area contributed by atoms with E-state index in [1.165, 1.54) is 17.5 Å². The molecule has 2 rings (SSSR count). The fourth-order valence-electron chi connectivity index (χ4n) is 1.81. The molecule has 1 N–H and O–H groups in total. The zero-order valence-corrected chi connectivity index (χ0v) is 9.98. The molecule has 1 aromatic rings. The molecule has 0 aliphatic carbocycles. The maximum absolute atomic E-state index is 11.9. The standard InChI is InChI=1S/C9H14N2O2S2/c12-15(13,9-11-4-5-14-9)7-8-2-1-3-10-6-8/h4-5,8,10H,1-3,6-7H2/t8-/m1/s1. The minimum absolute atomic E-state index is 0.230. The van der Waals surface area contributed by atoms with Crippen LogP contribution in [-0.2, 0) is 9.84 Å². The molecular weight excluding hydrogens is 232 g/mol. The third-order valence-electron chi connectivity index (χ3n) is 2.53. The van der Waals surface area contributed by atoms with Crippen LogP contribution in [0.4, 0.5) is 0 Å². The van der Waals surface area contributed by atoms with E-state index >= 15 is 0 Å². The van der Waals surface area contributed by atoms with Crippen LogP contribution < -0.4 is 5.32 Å². The summed E-state index contributed by atoms with van der Waals surface area (Å²) in [5.74, 6) is 0.473. The molecule has 15 heavy (non-hydrogen) atoms. The molecule has 1 saturated heterocycles. The van der Waals surface area contributed by atoms with Gasteiger partial charge in [-0.15, -0.1) is 11.3 Å². The summed E-state index contributed by atoms with van der Waals surface area (Å²) in [4.78, 5) is 3.86. The first-order chi connectivity index (χ1) is 7.18. The summed E-state index contributed by atoms with van der Waals surface area (Å²) in [6, 6.07) is 0. The van der Waals surface area contributed by atoms with E-state index in [1.807, 2.05) is 0 Å². The number of nitrogens with one attached hydrogen (secondary N) is 1. The SMILES string of the molecule is O=S(=O)(C[C@@H]1CCCNC1)c1nccs1. The van der Waals surface area contributed by atoms with Gasteiger partial charge in [0, 0.05) is 11.6 Å². The molecule has 1 aliphatic heterocycles. The Morgan fingerprint density at radius 1 is 1.60 bits per heavy atom. The van der Waals surface area contributed by atoms with E-state index in [-0.39, 0.29) is 16.0 Å². The normalized spacial score (nSPS) is 22.8. The zero-order valence-electron chi connectivity index (χ0n) is 8.35. The smallest absolute Gasteiger partial charge is 0.209 e. The van der Waals surface area contributed by atoms with Crippen molar-refractivity contribution in [1.29, 1.82) is 0 Å². The summed E-state index contributed by atoms with van der Waals surface area (Å²) in [7, 11) is -3.15. The van der Waals surface area contributed by atoms with E-state index in [0.29, 0.717) is 0 Å². The number of nitrogens with zero attached hydrogens (tertiary/aromatic N) is 1. The molecule has 0 unspecified atom stereocenters. The predicted octanol–water partition coefficient (Wildman–Crippen LogP) is 0.916.